The van der Waals surface area contributed by atoms with E-state index in [1.807, 2.05) is 0 Å². The second-order valence-corrected chi connectivity index (χ2v) is 28.1. The van der Waals surface area contributed by atoms with Crippen LogP contribution in [0.3, 0.4) is 0 Å². The van der Waals surface area contributed by atoms with E-state index in [0.717, 1.165) is 187 Å². The first kappa shape index (κ1) is 89.8. The highest BCUT2D eigenvalue weighted by molar-refractivity contribution is 5.72. The Morgan fingerprint density at radius 3 is 0.913 bits per heavy atom. The summed E-state index contributed by atoms with van der Waals surface area (Å²) >= 11 is 0. The molecule has 0 aromatic heterocycles. The van der Waals surface area contributed by atoms with E-state index in [0.29, 0.717) is 58.2 Å². The number of esters is 4. The van der Waals surface area contributed by atoms with E-state index in [9.17, 15) is 19.2 Å². The first-order chi connectivity index (χ1) is 45.2. The SMILES string of the molecule is CCCCCCCCCCCOC(=O)CCCCCN(CCCCCC(=O)OCCCCCCCCCCC)CCOCCCN(CCCCCOC(=O)CCC(CCCCCC)CCCCCC)CCCCCOC(=O)C(CCCCCC)CCCCCCCC. The summed E-state index contributed by atoms with van der Waals surface area (Å²) in [4.78, 5) is 56.5. The Morgan fingerprint density at radius 1 is 0.239 bits per heavy atom. The zero-order valence-electron chi connectivity index (χ0n) is 62.5. The van der Waals surface area contributed by atoms with E-state index in [1.165, 1.54) is 205 Å². The number of carbonyl (C=O) groups excluding carboxylic acids is 4. The van der Waals surface area contributed by atoms with E-state index in [4.69, 9.17) is 23.7 Å². The fourth-order valence-electron chi connectivity index (χ4n) is 12.9. The number of carbonyl (C=O) groups is 4. The minimum absolute atomic E-state index is 0.0188. The molecule has 92 heavy (non-hydrogen) atoms. The van der Waals surface area contributed by atoms with Gasteiger partial charge in [0.25, 0.3) is 0 Å². The minimum Gasteiger partial charge on any atom is -0.466 e. The Balaban J connectivity index is 5.35. The molecule has 11 heteroatoms. The standard InChI is InChI=1S/C81H158N2O9/c1-7-13-19-25-28-30-32-35-51-71-89-78(84)60-45-37-47-66-83(67-48-38-46-61-79(85)90-72-52-36-33-31-29-26-20-14-8-2)69-75-88-70-55-68-82(64-49-39-53-73-91-80(86)63-62-76(56-41-22-16-10-4)57-42-23-17-11-5)65-50-40-54-74-92-81(87)77(58-43-24-18-12-6)59-44-34-27-21-15-9-3/h76-77H,7-75H2,1-6H3. The summed E-state index contributed by atoms with van der Waals surface area (Å²) in [7, 11) is 0. The molecule has 0 aliphatic heterocycles. The Hall–Kier alpha value is -2.24. The second kappa shape index (κ2) is 74.5. The molecule has 0 aromatic rings. The number of rotatable bonds is 77. The van der Waals surface area contributed by atoms with E-state index < -0.39 is 0 Å². The number of ether oxygens (including phenoxy) is 5. The molecule has 1 unspecified atom stereocenters. The number of hydrogen-bond donors (Lipinski definition) is 0. The smallest absolute Gasteiger partial charge is 0.308 e. The van der Waals surface area contributed by atoms with Gasteiger partial charge in [0, 0.05) is 39.0 Å². The van der Waals surface area contributed by atoms with Crippen molar-refractivity contribution in [2.24, 2.45) is 11.8 Å². The molecule has 0 amide bonds. The summed E-state index contributed by atoms with van der Waals surface area (Å²) in [5.41, 5.74) is 0. The highest BCUT2D eigenvalue weighted by Crippen LogP contribution is 2.25. The summed E-state index contributed by atoms with van der Waals surface area (Å²) in [6, 6.07) is 0. The molecule has 0 fully saturated rings. The average molecular weight is 1300 g/mol. The van der Waals surface area contributed by atoms with Crippen molar-refractivity contribution in [3.63, 3.8) is 0 Å². The number of unbranched alkanes of at least 4 members (excludes halogenated alkanes) is 38. The fourth-order valence-corrected chi connectivity index (χ4v) is 12.9. The largest absolute Gasteiger partial charge is 0.466 e. The maximum absolute atomic E-state index is 13.4. The van der Waals surface area contributed by atoms with Gasteiger partial charge >= 0.3 is 23.9 Å². The lowest BCUT2D eigenvalue weighted by Gasteiger charge is -2.24. The Kier molecular flexibility index (Phi) is 72.7. The van der Waals surface area contributed by atoms with Crippen LogP contribution in [0.5, 0.6) is 0 Å². The van der Waals surface area contributed by atoms with Crippen molar-refractivity contribution in [2.45, 2.75) is 408 Å². The van der Waals surface area contributed by atoms with Crippen LogP contribution in [0.15, 0.2) is 0 Å². The summed E-state index contributed by atoms with van der Waals surface area (Å²) in [5, 5.41) is 0. The zero-order valence-corrected chi connectivity index (χ0v) is 62.5. The van der Waals surface area contributed by atoms with Gasteiger partial charge < -0.3 is 33.5 Å². The third kappa shape index (κ3) is 66.4. The number of hydrogen-bond acceptors (Lipinski definition) is 11. The molecule has 0 saturated carbocycles. The molecule has 0 bridgehead atoms. The lowest BCUT2D eigenvalue weighted by Crippen LogP contribution is -2.31. The molecule has 546 valence electrons. The van der Waals surface area contributed by atoms with Gasteiger partial charge in [-0.15, -0.1) is 0 Å². The predicted molar refractivity (Wildman–Crippen MR) is 392 cm³/mol. The molecule has 11 nitrogen and oxygen atoms in total. The highest BCUT2D eigenvalue weighted by Gasteiger charge is 2.20. The van der Waals surface area contributed by atoms with Gasteiger partial charge in [-0.05, 0) is 135 Å². The monoisotopic (exact) mass is 1300 g/mol. The van der Waals surface area contributed by atoms with E-state index >= 15 is 0 Å². The first-order valence-corrected chi connectivity index (χ1v) is 40.9. The maximum atomic E-state index is 13.4. The van der Waals surface area contributed by atoms with Crippen LogP contribution < -0.4 is 0 Å². The fraction of sp³-hybridized carbons (Fsp3) is 0.951. The highest BCUT2D eigenvalue weighted by atomic mass is 16.5. The molecule has 0 N–H and O–H groups in total. The van der Waals surface area contributed by atoms with Crippen molar-refractivity contribution < 1.29 is 42.9 Å². The van der Waals surface area contributed by atoms with Crippen LogP contribution >= 0.6 is 0 Å². The molecule has 0 aliphatic rings. The van der Waals surface area contributed by atoms with Crippen molar-refractivity contribution in [2.75, 3.05) is 78.9 Å². The molecule has 0 aromatic carbocycles. The van der Waals surface area contributed by atoms with Crippen molar-refractivity contribution in [1.82, 2.24) is 9.80 Å². The van der Waals surface area contributed by atoms with Crippen LogP contribution in [-0.4, -0.2) is 113 Å². The molecule has 0 rings (SSSR count). The van der Waals surface area contributed by atoms with Gasteiger partial charge in [0.1, 0.15) is 0 Å². The third-order valence-corrected chi connectivity index (χ3v) is 19.1. The first-order valence-electron chi connectivity index (χ1n) is 40.9. The molecular weight excluding hydrogens is 1140 g/mol. The van der Waals surface area contributed by atoms with Gasteiger partial charge in [0.15, 0.2) is 0 Å². The summed E-state index contributed by atoms with van der Waals surface area (Å²) in [5.74, 6) is 0.596. The second-order valence-electron chi connectivity index (χ2n) is 28.1. The van der Waals surface area contributed by atoms with Crippen molar-refractivity contribution in [1.29, 1.82) is 0 Å². The number of nitrogens with zero attached hydrogens (tertiary/aromatic N) is 2. The van der Waals surface area contributed by atoms with Gasteiger partial charge in [-0.3, -0.25) is 19.2 Å². The van der Waals surface area contributed by atoms with Gasteiger partial charge in [0.2, 0.25) is 0 Å². The third-order valence-electron chi connectivity index (χ3n) is 19.1. The van der Waals surface area contributed by atoms with Gasteiger partial charge in [-0.25, -0.2) is 0 Å². The normalized spacial score (nSPS) is 12.0. The zero-order chi connectivity index (χ0) is 66.9. The molecule has 0 radical (unpaired) electrons. The molecule has 1 atom stereocenters. The quantitative estimate of drug-likeness (QED) is 0.0329. The van der Waals surface area contributed by atoms with Crippen molar-refractivity contribution >= 4 is 23.9 Å². The summed E-state index contributed by atoms with van der Waals surface area (Å²) in [6.07, 6.45) is 64.9. The molecular formula is C81H158N2O9. The molecule has 0 spiro atoms. The van der Waals surface area contributed by atoms with Crippen LogP contribution in [0.1, 0.15) is 408 Å². The van der Waals surface area contributed by atoms with Gasteiger partial charge in [0.05, 0.1) is 39.0 Å². The van der Waals surface area contributed by atoms with Gasteiger partial charge in [-0.2, -0.15) is 0 Å². The van der Waals surface area contributed by atoms with Gasteiger partial charge in [-0.1, -0.05) is 286 Å². The topological polar surface area (TPSA) is 121 Å². The predicted octanol–water partition coefficient (Wildman–Crippen LogP) is 23.4. The summed E-state index contributed by atoms with van der Waals surface area (Å²) in [6.45, 7) is 22.9. The van der Waals surface area contributed by atoms with Crippen molar-refractivity contribution in [3.8, 4) is 0 Å². The van der Waals surface area contributed by atoms with Crippen LogP contribution in [0, 0.1) is 11.8 Å². The Bertz CT molecular complexity index is 1470. The van der Waals surface area contributed by atoms with E-state index in [1.54, 1.807) is 0 Å². The van der Waals surface area contributed by atoms with E-state index in [-0.39, 0.29) is 29.8 Å². The maximum Gasteiger partial charge on any atom is 0.308 e. The Labute approximate surface area is 572 Å². The molecule has 0 heterocycles. The van der Waals surface area contributed by atoms with E-state index in [2.05, 4.69) is 51.3 Å². The summed E-state index contributed by atoms with van der Waals surface area (Å²) < 4.78 is 29.4. The van der Waals surface area contributed by atoms with Crippen LogP contribution in [-0.2, 0) is 42.9 Å². The lowest BCUT2D eigenvalue weighted by molar-refractivity contribution is -0.149. The molecule has 0 saturated heterocycles. The van der Waals surface area contributed by atoms with Crippen LogP contribution in [0.4, 0.5) is 0 Å². The van der Waals surface area contributed by atoms with Crippen LogP contribution in [0.25, 0.3) is 0 Å². The minimum atomic E-state index is -0.0543. The Morgan fingerprint density at radius 2 is 0.522 bits per heavy atom. The molecule has 0 aliphatic carbocycles. The lowest BCUT2D eigenvalue weighted by atomic mass is 9.90. The average Bonchev–Trinajstić information content (AvgIpc) is 3.65. The van der Waals surface area contributed by atoms with Crippen molar-refractivity contribution in [3.05, 3.63) is 0 Å². The van der Waals surface area contributed by atoms with Crippen LogP contribution in [0.2, 0.25) is 0 Å².